The van der Waals surface area contributed by atoms with Gasteiger partial charge in [0, 0.05) is 76.1 Å². The van der Waals surface area contributed by atoms with Gasteiger partial charge < -0.3 is 15.1 Å². The smallest absolute Gasteiger partial charge is 0.161 e. The number of nitrogens with zero attached hydrogens (tertiary/aromatic N) is 5. The fourth-order valence-corrected chi connectivity index (χ4v) is 4.67. The molecule has 6 nitrogen and oxygen atoms in total. The van der Waals surface area contributed by atoms with Crippen LogP contribution in [-0.2, 0) is 19.5 Å². The summed E-state index contributed by atoms with van der Waals surface area (Å²) in [6.07, 6.45) is 0.950. The molecule has 0 bridgehead atoms. The minimum absolute atomic E-state index is 0.814. The van der Waals surface area contributed by atoms with Crippen LogP contribution >= 0.6 is 0 Å². The molecule has 0 aliphatic carbocycles. The largest absolute Gasteiger partial charge is 0.373 e. The summed E-state index contributed by atoms with van der Waals surface area (Å²) >= 11 is 0. The van der Waals surface area contributed by atoms with Gasteiger partial charge >= 0.3 is 0 Å². The van der Waals surface area contributed by atoms with Gasteiger partial charge in [-0.25, -0.2) is 9.97 Å². The van der Waals surface area contributed by atoms with Gasteiger partial charge in [-0.2, -0.15) is 0 Å². The zero-order chi connectivity index (χ0) is 21.9. The highest BCUT2D eigenvalue weighted by Gasteiger charge is 2.23. The number of hydrogen-bond donors (Lipinski definition) is 1. The summed E-state index contributed by atoms with van der Waals surface area (Å²) in [5.41, 5.74) is 6.11. The van der Waals surface area contributed by atoms with Gasteiger partial charge in [0.1, 0.15) is 5.82 Å². The minimum atomic E-state index is 0.814. The molecule has 3 heterocycles. The molecule has 1 N–H and O–H groups in total. The highest BCUT2D eigenvalue weighted by atomic mass is 15.2. The molecule has 166 valence electrons. The van der Waals surface area contributed by atoms with Crippen molar-refractivity contribution in [1.82, 2.24) is 19.8 Å². The first-order chi connectivity index (χ1) is 15.7. The molecule has 1 fully saturated rings. The predicted molar refractivity (Wildman–Crippen MR) is 131 cm³/mol. The van der Waals surface area contributed by atoms with E-state index in [-0.39, 0.29) is 0 Å². The molecule has 32 heavy (non-hydrogen) atoms. The van der Waals surface area contributed by atoms with E-state index in [2.05, 4.69) is 81.7 Å². The van der Waals surface area contributed by atoms with Crippen molar-refractivity contribution in [3.63, 3.8) is 0 Å². The summed E-state index contributed by atoms with van der Waals surface area (Å²) in [5.74, 6) is 1.76. The fourth-order valence-electron chi connectivity index (χ4n) is 4.67. The van der Waals surface area contributed by atoms with Crippen LogP contribution in [0.5, 0.6) is 0 Å². The maximum absolute atomic E-state index is 4.99. The topological polar surface area (TPSA) is 47.5 Å². The summed E-state index contributed by atoms with van der Waals surface area (Å²) < 4.78 is 0. The zero-order valence-corrected chi connectivity index (χ0v) is 19.1. The van der Waals surface area contributed by atoms with Crippen molar-refractivity contribution in [2.45, 2.75) is 19.5 Å². The molecule has 1 aromatic heterocycles. The molecule has 0 radical (unpaired) electrons. The number of anilines is 2. The Bertz CT molecular complexity index is 1020. The number of nitrogens with one attached hydrogen (secondary N) is 1. The lowest BCUT2D eigenvalue weighted by molar-refractivity contribution is 0.243. The quantitative estimate of drug-likeness (QED) is 0.671. The molecule has 0 spiro atoms. The van der Waals surface area contributed by atoms with Crippen molar-refractivity contribution in [2.75, 3.05) is 57.0 Å². The maximum atomic E-state index is 4.99. The van der Waals surface area contributed by atoms with Gasteiger partial charge in [-0.05, 0) is 36.9 Å². The lowest BCUT2D eigenvalue weighted by atomic mass is 10.0. The molecule has 2 aromatic carbocycles. The summed E-state index contributed by atoms with van der Waals surface area (Å²) in [4.78, 5) is 17.2. The van der Waals surface area contributed by atoms with Gasteiger partial charge in [0.25, 0.3) is 0 Å². The van der Waals surface area contributed by atoms with Crippen molar-refractivity contribution in [2.24, 2.45) is 0 Å². The van der Waals surface area contributed by atoms with Crippen LogP contribution in [0.2, 0.25) is 0 Å². The number of piperazine rings is 1. The van der Waals surface area contributed by atoms with E-state index < -0.39 is 0 Å². The van der Waals surface area contributed by atoms with E-state index in [0.29, 0.717) is 0 Å². The fraction of sp³-hybridized carbons (Fsp3) is 0.385. The first-order valence-corrected chi connectivity index (χ1v) is 11.6. The second-order valence-electron chi connectivity index (χ2n) is 8.85. The Labute approximate surface area is 190 Å². The van der Waals surface area contributed by atoms with Crippen LogP contribution in [0, 0.1) is 0 Å². The standard InChI is InChI=1S/C26H32N6/c1-27-26-23-19-31(18-20-6-4-3-5-7-20)13-12-24(23)28-25(29-26)21-8-10-22(11-9-21)32-16-14-30(2)15-17-32/h3-11H,12-19H2,1-2H3,(H,27,28,29). The average Bonchev–Trinajstić information content (AvgIpc) is 2.84. The first kappa shape index (κ1) is 20.9. The summed E-state index contributed by atoms with van der Waals surface area (Å²) in [7, 11) is 4.15. The molecule has 2 aliphatic rings. The van der Waals surface area contributed by atoms with E-state index >= 15 is 0 Å². The number of aromatic nitrogens is 2. The van der Waals surface area contributed by atoms with Gasteiger partial charge in [0.15, 0.2) is 5.82 Å². The van der Waals surface area contributed by atoms with E-state index in [9.17, 15) is 0 Å². The molecule has 0 unspecified atom stereocenters. The molecule has 6 heteroatoms. The second-order valence-corrected chi connectivity index (χ2v) is 8.85. The lowest BCUT2D eigenvalue weighted by Gasteiger charge is -2.34. The Morgan fingerprint density at radius 3 is 2.34 bits per heavy atom. The Hall–Kier alpha value is -2.96. The lowest BCUT2D eigenvalue weighted by Crippen LogP contribution is -2.44. The van der Waals surface area contributed by atoms with Crippen LogP contribution in [0.1, 0.15) is 16.8 Å². The Morgan fingerprint density at radius 2 is 1.62 bits per heavy atom. The Kier molecular flexibility index (Phi) is 6.06. The molecule has 5 rings (SSSR count). The van der Waals surface area contributed by atoms with Crippen molar-refractivity contribution >= 4 is 11.5 Å². The number of hydrogen-bond acceptors (Lipinski definition) is 6. The third-order valence-corrected chi connectivity index (χ3v) is 6.62. The summed E-state index contributed by atoms with van der Waals surface area (Å²) in [6.45, 7) is 7.24. The van der Waals surface area contributed by atoms with Crippen molar-refractivity contribution < 1.29 is 0 Å². The van der Waals surface area contributed by atoms with E-state index in [0.717, 1.165) is 69.4 Å². The molecular formula is C26H32N6. The molecule has 3 aromatic rings. The molecular weight excluding hydrogens is 396 g/mol. The van der Waals surface area contributed by atoms with Crippen molar-refractivity contribution in [1.29, 1.82) is 0 Å². The number of rotatable bonds is 5. The molecule has 0 saturated carbocycles. The van der Waals surface area contributed by atoms with Crippen molar-refractivity contribution in [3.8, 4) is 11.4 Å². The number of fused-ring (bicyclic) bond motifs is 1. The Balaban J connectivity index is 1.34. The number of benzene rings is 2. The first-order valence-electron chi connectivity index (χ1n) is 11.6. The number of likely N-dealkylation sites (N-methyl/N-ethyl adjacent to an activating group) is 1. The van der Waals surface area contributed by atoms with Crippen LogP contribution < -0.4 is 10.2 Å². The molecule has 2 aliphatic heterocycles. The molecule has 0 amide bonds. The van der Waals surface area contributed by atoms with Gasteiger partial charge in [-0.1, -0.05) is 30.3 Å². The van der Waals surface area contributed by atoms with Crippen LogP contribution in [0.3, 0.4) is 0 Å². The monoisotopic (exact) mass is 428 g/mol. The average molecular weight is 429 g/mol. The van der Waals surface area contributed by atoms with Crippen LogP contribution in [0.15, 0.2) is 54.6 Å². The molecule has 1 saturated heterocycles. The van der Waals surface area contributed by atoms with Gasteiger partial charge in [-0.15, -0.1) is 0 Å². The van der Waals surface area contributed by atoms with Crippen molar-refractivity contribution in [3.05, 3.63) is 71.4 Å². The second kappa shape index (κ2) is 9.27. The maximum Gasteiger partial charge on any atom is 0.161 e. The van der Waals surface area contributed by atoms with E-state index in [4.69, 9.17) is 9.97 Å². The normalized spacial score (nSPS) is 17.2. The molecule has 0 atom stereocenters. The predicted octanol–water partition coefficient (Wildman–Crippen LogP) is 3.50. The zero-order valence-electron chi connectivity index (χ0n) is 19.1. The summed E-state index contributed by atoms with van der Waals surface area (Å²) in [6, 6.07) is 19.4. The van der Waals surface area contributed by atoms with Crippen LogP contribution in [-0.4, -0.2) is 66.6 Å². The van der Waals surface area contributed by atoms with Crippen LogP contribution in [0.25, 0.3) is 11.4 Å². The highest BCUT2D eigenvalue weighted by molar-refractivity contribution is 5.63. The summed E-state index contributed by atoms with van der Waals surface area (Å²) in [5, 5.41) is 3.33. The van der Waals surface area contributed by atoms with Gasteiger partial charge in [0.2, 0.25) is 0 Å². The SMILES string of the molecule is CNc1nc(-c2ccc(N3CCN(C)CC3)cc2)nc2c1CN(Cc1ccccc1)CC2. The highest BCUT2D eigenvalue weighted by Crippen LogP contribution is 2.29. The van der Waals surface area contributed by atoms with Gasteiger partial charge in [-0.3, -0.25) is 4.90 Å². The third-order valence-electron chi connectivity index (χ3n) is 6.62. The minimum Gasteiger partial charge on any atom is -0.373 e. The van der Waals surface area contributed by atoms with E-state index in [1.165, 1.54) is 22.5 Å². The van der Waals surface area contributed by atoms with Crippen LogP contribution in [0.4, 0.5) is 11.5 Å². The van der Waals surface area contributed by atoms with E-state index in [1.54, 1.807) is 0 Å². The third kappa shape index (κ3) is 4.47. The Morgan fingerprint density at radius 1 is 0.875 bits per heavy atom. The van der Waals surface area contributed by atoms with Gasteiger partial charge in [0.05, 0.1) is 5.69 Å². The van der Waals surface area contributed by atoms with E-state index in [1.807, 2.05) is 7.05 Å².